The highest BCUT2D eigenvalue weighted by Crippen LogP contribution is 2.24. The smallest absolute Gasteiger partial charge is 0.321 e. The highest BCUT2D eigenvalue weighted by atomic mass is 32.2. The van der Waals surface area contributed by atoms with Crippen molar-refractivity contribution in [1.29, 1.82) is 0 Å². The lowest BCUT2D eigenvalue weighted by molar-refractivity contribution is 0.222. The van der Waals surface area contributed by atoms with Gasteiger partial charge >= 0.3 is 6.03 Å². The molecular formula is C18H20N2O4S. The van der Waals surface area contributed by atoms with Gasteiger partial charge in [-0.05, 0) is 61.4 Å². The number of hydrogen-bond acceptors (Lipinski definition) is 4. The number of nitrogens with zero attached hydrogens (tertiary/aromatic N) is 1. The van der Waals surface area contributed by atoms with E-state index in [1.807, 2.05) is 0 Å². The van der Waals surface area contributed by atoms with Gasteiger partial charge in [-0.15, -0.1) is 0 Å². The fourth-order valence-electron chi connectivity index (χ4n) is 2.62. The maximum atomic E-state index is 12.0. The maximum absolute atomic E-state index is 12.0. The Morgan fingerprint density at radius 3 is 2.00 bits per heavy atom. The molecule has 132 valence electrons. The summed E-state index contributed by atoms with van der Waals surface area (Å²) in [6.07, 6.45) is 3.27. The third-order valence-corrected chi connectivity index (χ3v) is 5.11. The van der Waals surface area contributed by atoms with Crippen molar-refractivity contribution in [2.24, 2.45) is 0 Å². The Bertz CT molecular complexity index is 840. The molecule has 0 bridgehead atoms. The fraction of sp³-hybridized carbons (Fsp3) is 0.278. The zero-order valence-electron chi connectivity index (χ0n) is 13.9. The second-order valence-electron chi connectivity index (χ2n) is 5.99. The number of benzene rings is 2. The molecule has 0 aliphatic carbocycles. The third-order valence-electron chi connectivity index (χ3n) is 3.99. The van der Waals surface area contributed by atoms with Crippen molar-refractivity contribution in [1.82, 2.24) is 4.90 Å². The summed E-state index contributed by atoms with van der Waals surface area (Å²) in [6.45, 7) is 1.60. The zero-order valence-corrected chi connectivity index (χ0v) is 14.8. The lowest BCUT2D eigenvalue weighted by Gasteiger charge is -2.16. The summed E-state index contributed by atoms with van der Waals surface area (Å²) in [4.78, 5) is 14.1. The van der Waals surface area contributed by atoms with Crippen molar-refractivity contribution in [3.63, 3.8) is 0 Å². The average Bonchev–Trinajstić information content (AvgIpc) is 3.11. The third kappa shape index (κ3) is 4.51. The van der Waals surface area contributed by atoms with Crippen LogP contribution < -0.4 is 10.1 Å². The number of carbonyl (C=O) groups is 1. The van der Waals surface area contributed by atoms with Crippen LogP contribution in [0.4, 0.5) is 10.5 Å². The van der Waals surface area contributed by atoms with Crippen LogP contribution in [0.3, 0.4) is 0 Å². The van der Waals surface area contributed by atoms with E-state index < -0.39 is 9.84 Å². The summed E-state index contributed by atoms with van der Waals surface area (Å²) in [6, 6.07) is 13.2. The number of hydrogen-bond donors (Lipinski definition) is 1. The number of ether oxygens (including phenoxy) is 1. The minimum Gasteiger partial charge on any atom is -0.457 e. The summed E-state index contributed by atoms with van der Waals surface area (Å²) in [5.41, 5.74) is 0.705. The van der Waals surface area contributed by atoms with E-state index in [0.29, 0.717) is 17.2 Å². The molecule has 1 aliphatic heterocycles. The van der Waals surface area contributed by atoms with Crippen molar-refractivity contribution >= 4 is 21.6 Å². The maximum Gasteiger partial charge on any atom is 0.321 e. The molecule has 0 aromatic heterocycles. The number of likely N-dealkylation sites (tertiary alicyclic amines) is 1. The molecule has 3 rings (SSSR count). The quantitative estimate of drug-likeness (QED) is 0.905. The zero-order chi connectivity index (χ0) is 17.9. The second-order valence-corrected chi connectivity index (χ2v) is 8.01. The van der Waals surface area contributed by atoms with E-state index in [0.717, 1.165) is 32.2 Å². The summed E-state index contributed by atoms with van der Waals surface area (Å²) < 4.78 is 28.6. The predicted octanol–water partition coefficient (Wildman–Crippen LogP) is 3.51. The number of amides is 2. The fourth-order valence-corrected chi connectivity index (χ4v) is 3.25. The van der Waals surface area contributed by atoms with Crippen molar-refractivity contribution in [2.45, 2.75) is 17.7 Å². The highest BCUT2D eigenvalue weighted by Gasteiger charge is 2.17. The van der Waals surface area contributed by atoms with Crippen LogP contribution in [0, 0.1) is 0 Å². The Morgan fingerprint density at radius 1 is 0.960 bits per heavy atom. The average molecular weight is 360 g/mol. The Morgan fingerprint density at radius 2 is 1.48 bits per heavy atom. The Balaban J connectivity index is 1.61. The molecule has 0 atom stereocenters. The molecular weight excluding hydrogens is 340 g/mol. The van der Waals surface area contributed by atoms with Crippen LogP contribution in [0.15, 0.2) is 53.4 Å². The molecule has 0 saturated carbocycles. The molecule has 1 saturated heterocycles. The first-order valence-electron chi connectivity index (χ1n) is 8.06. The van der Waals surface area contributed by atoms with E-state index in [9.17, 15) is 13.2 Å². The summed E-state index contributed by atoms with van der Waals surface area (Å²) >= 11 is 0. The van der Waals surface area contributed by atoms with Crippen LogP contribution in [-0.4, -0.2) is 38.7 Å². The van der Waals surface area contributed by atoms with Crippen molar-refractivity contribution in [3.8, 4) is 11.5 Å². The van der Waals surface area contributed by atoms with Crippen molar-refractivity contribution in [3.05, 3.63) is 48.5 Å². The van der Waals surface area contributed by atoms with Crippen molar-refractivity contribution < 1.29 is 17.9 Å². The summed E-state index contributed by atoms with van der Waals surface area (Å²) in [5, 5.41) is 2.86. The second kappa shape index (κ2) is 7.14. The van der Waals surface area contributed by atoms with E-state index in [1.165, 1.54) is 12.1 Å². The molecule has 1 N–H and O–H groups in total. The van der Waals surface area contributed by atoms with Gasteiger partial charge in [-0.1, -0.05) is 0 Å². The summed E-state index contributed by atoms with van der Waals surface area (Å²) in [7, 11) is -3.22. The van der Waals surface area contributed by atoms with Gasteiger partial charge in [0.15, 0.2) is 9.84 Å². The highest BCUT2D eigenvalue weighted by molar-refractivity contribution is 7.90. The van der Waals surface area contributed by atoms with E-state index in [1.54, 1.807) is 41.3 Å². The topological polar surface area (TPSA) is 75.7 Å². The molecule has 2 amide bonds. The number of urea groups is 1. The van der Waals surface area contributed by atoms with Gasteiger partial charge in [0.25, 0.3) is 0 Å². The Hall–Kier alpha value is -2.54. The van der Waals surface area contributed by atoms with Crippen LogP contribution >= 0.6 is 0 Å². The Labute approximate surface area is 147 Å². The molecule has 0 spiro atoms. The monoisotopic (exact) mass is 360 g/mol. The van der Waals surface area contributed by atoms with Crippen LogP contribution in [-0.2, 0) is 9.84 Å². The van der Waals surface area contributed by atoms with Crippen LogP contribution in [0.25, 0.3) is 0 Å². The molecule has 25 heavy (non-hydrogen) atoms. The molecule has 0 unspecified atom stereocenters. The van der Waals surface area contributed by atoms with Gasteiger partial charge < -0.3 is 15.0 Å². The van der Waals surface area contributed by atoms with Crippen LogP contribution in [0.5, 0.6) is 11.5 Å². The molecule has 1 aliphatic rings. The SMILES string of the molecule is CS(=O)(=O)c1ccc(Oc2ccc(NC(=O)N3CCCC3)cc2)cc1. The first kappa shape index (κ1) is 17.3. The Kier molecular flexibility index (Phi) is 4.94. The minimum atomic E-state index is -3.22. The number of nitrogens with one attached hydrogen (secondary N) is 1. The van der Waals surface area contributed by atoms with Gasteiger partial charge in [-0.3, -0.25) is 0 Å². The summed E-state index contributed by atoms with van der Waals surface area (Å²) in [5.74, 6) is 1.15. The van der Waals surface area contributed by atoms with Crippen LogP contribution in [0.2, 0.25) is 0 Å². The van der Waals surface area contributed by atoms with E-state index in [2.05, 4.69) is 5.32 Å². The van der Waals surface area contributed by atoms with Gasteiger partial charge in [0.05, 0.1) is 4.90 Å². The molecule has 7 heteroatoms. The molecule has 1 heterocycles. The standard InChI is InChI=1S/C18H20N2O4S/c1-25(22,23)17-10-8-16(9-11-17)24-15-6-4-14(5-7-15)19-18(21)20-12-2-3-13-20/h4-11H,2-3,12-13H2,1H3,(H,19,21). The number of sulfone groups is 1. The molecule has 6 nitrogen and oxygen atoms in total. The molecule has 0 radical (unpaired) electrons. The van der Waals surface area contributed by atoms with Gasteiger partial charge in [0, 0.05) is 25.0 Å². The largest absolute Gasteiger partial charge is 0.457 e. The normalized spacial score (nSPS) is 14.4. The van der Waals surface area contributed by atoms with Crippen molar-refractivity contribution in [2.75, 3.05) is 24.7 Å². The van der Waals surface area contributed by atoms with Gasteiger partial charge in [0.1, 0.15) is 11.5 Å². The number of rotatable bonds is 4. The minimum absolute atomic E-state index is 0.0810. The number of carbonyl (C=O) groups excluding carboxylic acids is 1. The van der Waals surface area contributed by atoms with E-state index in [4.69, 9.17) is 4.74 Å². The molecule has 2 aromatic carbocycles. The van der Waals surface area contributed by atoms with Gasteiger partial charge in [-0.2, -0.15) is 0 Å². The number of anilines is 1. The lowest BCUT2D eigenvalue weighted by atomic mass is 10.3. The predicted molar refractivity (Wildman–Crippen MR) is 95.9 cm³/mol. The first-order valence-corrected chi connectivity index (χ1v) is 9.95. The van der Waals surface area contributed by atoms with Gasteiger partial charge in [0.2, 0.25) is 0 Å². The molecule has 1 fully saturated rings. The van der Waals surface area contributed by atoms with Crippen LogP contribution in [0.1, 0.15) is 12.8 Å². The molecule has 2 aromatic rings. The van der Waals surface area contributed by atoms with E-state index >= 15 is 0 Å². The van der Waals surface area contributed by atoms with Gasteiger partial charge in [-0.25, -0.2) is 13.2 Å². The first-order chi connectivity index (χ1) is 11.9. The van der Waals surface area contributed by atoms with E-state index in [-0.39, 0.29) is 10.9 Å². The lowest BCUT2D eigenvalue weighted by Crippen LogP contribution is -2.32.